The molecule has 0 heterocycles. The molecule has 0 saturated heterocycles. The van der Waals surface area contributed by atoms with Crippen LogP contribution in [0.25, 0.3) is 0 Å². The maximum Gasteiger partial charge on any atom is 0.255 e. The molecule has 0 fully saturated rings. The number of allylic oxidation sites excluding steroid dienone is 3. The Morgan fingerprint density at radius 3 is 2.60 bits per heavy atom. The first-order chi connectivity index (χ1) is 7.36. The van der Waals surface area contributed by atoms with Crippen molar-refractivity contribution in [2.24, 2.45) is 0 Å². The highest BCUT2D eigenvalue weighted by Crippen LogP contribution is 2.08. The first-order valence-electron chi connectivity index (χ1n) is 5.09. The first-order valence-corrected chi connectivity index (χ1v) is 5.09. The molecule has 1 amide bonds. The summed E-state index contributed by atoms with van der Waals surface area (Å²) in [6, 6.07) is 9.24. The van der Waals surface area contributed by atoms with Crippen molar-refractivity contribution < 1.29 is 4.79 Å². The SMILES string of the molecule is O=C(NC1=CCCC=C1)c1ccccc1. The molecule has 0 bridgehead atoms. The molecule has 15 heavy (non-hydrogen) atoms. The zero-order valence-electron chi connectivity index (χ0n) is 8.44. The van der Waals surface area contributed by atoms with E-state index in [0.29, 0.717) is 5.56 Å². The molecule has 0 aromatic heterocycles. The average molecular weight is 199 g/mol. The molecule has 0 saturated carbocycles. The molecular formula is C13H13NO. The Kier molecular flexibility index (Phi) is 2.98. The predicted molar refractivity (Wildman–Crippen MR) is 60.4 cm³/mol. The lowest BCUT2D eigenvalue weighted by molar-refractivity contribution is 0.0967. The minimum absolute atomic E-state index is 0.0478. The van der Waals surface area contributed by atoms with E-state index in [1.807, 2.05) is 42.5 Å². The van der Waals surface area contributed by atoms with Gasteiger partial charge in [-0.05, 0) is 31.1 Å². The number of carbonyl (C=O) groups is 1. The van der Waals surface area contributed by atoms with E-state index in [0.717, 1.165) is 18.5 Å². The molecule has 2 nitrogen and oxygen atoms in total. The lowest BCUT2D eigenvalue weighted by atomic mass is 10.1. The van der Waals surface area contributed by atoms with Gasteiger partial charge in [-0.25, -0.2) is 0 Å². The molecule has 0 spiro atoms. The van der Waals surface area contributed by atoms with Crippen LogP contribution >= 0.6 is 0 Å². The maximum atomic E-state index is 11.7. The Labute approximate surface area is 89.3 Å². The Morgan fingerprint density at radius 2 is 1.93 bits per heavy atom. The van der Waals surface area contributed by atoms with E-state index in [4.69, 9.17) is 0 Å². The van der Waals surface area contributed by atoms with Crippen LogP contribution in [0.3, 0.4) is 0 Å². The average Bonchev–Trinajstić information content (AvgIpc) is 2.31. The molecule has 2 rings (SSSR count). The molecule has 2 heteroatoms. The standard InChI is InChI=1S/C13H13NO/c15-13(11-7-3-1-4-8-11)14-12-9-5-2-6-10-12/h1,3-5,7-10H,2,6H2,(H,14,15). The lowest BCUT2D eigenvalue weighted by Crippen LogP contribution is -2.22. The van der Waals surface area contributed by atoms with E-state index < -0.39 is 0 Å². The number of amides is 1. The Bertz CT molecular complexity index is 404. The molecule has 0 aliphatic heterocycles. The third-order valence-electron chi connectivity index (χ3n) is 2.29. The largest absolute Gasteiger partial charge is 0.322 e. The molecule has 0 atom stereocenters. The second kappa shape index (κ2) is 4.60. The van der Waals surface area contributed by atoms with Gasteiger partial charge in [0.1, 0.15) is 0 Å². The summed E-state index contributed by atoms with van der Waals surface area (Å²) in [6.07, 6.45) is 8.12. The number of rotatable bonds is 2. The smallest absolute Gasteiger partial charge is 0.255 e. The summed E-state index contributed by atoms with van der Waals surface area (Å²) in [7, 11) is 0. The fourth-order valence-corrected chi connectivity index (χ4v) is 1.50. The van der Waals surface area contributed by atoms with Gasteiger partial charge in [0.25, 0.3) is 5.91 Å². The monoisotopic (exact) mass is 199 g/mol. The van der Waals surface area contributed by atoms with Gasteiger partial charge in [-0.3, -0.25) is 4.79 Å². The van der Waals surface area contributed by atoms with Crippen LogP contribution in [0.4, 0.5) is 0 Å². The van der Waals surface area contributed by atoms with Crippen LogP contribution in [0.15, 0.2) is 54.3 Å². The number of hydrogen-bond acceptors (Lipinski definition) is 1. The van der Waals surface area contributed by atoms with E-state index in [9.17, 15) is 4.79 Å². The van der Waals surface area contributed by atoms with Crippen molar-refractivity contribution in [2.75, 3.05) is 0 Å². The summed E-state index contributed by atoms with van der Waals surface area (Å²) in [4.78, 5) is 11.7. The molecule has 1 aliphatic carbocycles. The van der Waals surface area contributed by atoms with Crippen molar-refractivity contribution in [2.45, 2.75) is 12.8 Å². The Morgan fingerprint density at radius 1 is 1.13 bits per heavy atom. The third-order valence-corrected chi connectivity index (χ3v) is 2.29. The number of benzene rings is 1. The zero-order chi connectivity index (χ0) is 10.5. The molecular weight excluding hydrogens is 186 g/mol. The summed E-state index contributed by atoms with van der Waals surface area (Å²) in [5, 5.41) is 2.87. The summed E-state index contributed by atoms with van der Waals surface area (Å²) in [6.45, 7) is 0. The summed E-state index contributed by atoms with van der Waals surface area (Å²) < 4.78 is 0. The minimum Gasteiger partial charge on any atom is -0.322 e. The van der Waals surface area contributed by atoms with Crippen LogP contribution in [0, 0.1) is 0 Å². The minimum atomic E-state index is -0.0478. The second-order valence-corrected chi connectivity index (χ2v) is 3.46. The van der Waals surface area contributed by atoms with Crippen LogP contribution in [0.1, 0.15) is 23.2 Å². The van der Waals surface area contributed by atoms with Gasteiger partial charge < -0.3 is 5.32 Å². The van der Waals surface area contributed by atoms with Gasteiger partial charge in [0.05, 0.1) is 0 Å². The highest BCUT2D eigenvalue weighted by atomic mass is 16.1. The van der Waals surface area contributed by atoms with E-state index in [1.165, 1.54) is 0 Å². The van der Waals surface area contributed by atoms with Crippen LogP contribution in [0.5, 0.6) is 0 Å². The molecule has 0 radical (unpaired) electrons. The molecule has 1 aromatic carbocycles. The van der Waals surface area contributed by atoms with Gasteiger partial charge in [0.2, 0.25) is 0 Å². The quantitative estimate of drug-likeness (QED) is 0.779. The Hall–Kier alpha value is -1.83. The van der Waals surface area contributed by atoms with Gasteiger partial charge in [-0.1, -0.05) is 30.4 Å². The third kappa shape index (κ3) is 2.56. The fraction of sp³-hybridized carbons (Fsp3) is 0.154. The number of nitrogens with one attached hydrogen (secondary N) is 1. The van der Waals surface area contributed by atoms with Gasteiger partial charge in [0, 0.05) is 11.3 Å². The zero-order valence-corrected chi connectivity index (χ0v) is 8.44. The molecule has 1 aliphatic rings. The van der Waals surface area contributed by atoms with Crippen molar-refractivity contribution in [3.05, 3.63) is 59.8 Å². The summed E-state index contributed by atoms with van der Waals surface area (Å²) in [5.41, 5.74) is 1.59. The van der Waals surface area contributed by atoms with Gasteiger partial charge in [0.15, 0.2) is 0 Å². The highest BCUT2D eigenvalue weighted by Gasteiger charge is 2.05. The van der Waals surface area contributed by atoms with E-state index >= 15 is 0 Å². The van der Waals surface area contributed by atoms with Crippen molar-refractivity contribution in [1.29, 1.82) is 0 Å². The summed E-state index contributed by atoms with van der Waals surface area (Å²) in [5.74, 6) is -0.0478. The number of carbonyl (C=O) groups excluding carboxylic acids is 1. The highest BCUT2D eigenvalue weighted by molar-refractivity contribution is 5.95. The Balaban J connectivity index is 2.04. The van der Waals surface area contributed by atoms with E-state index in [2.05, 4.69) is 11.4 Å². The lowest BCUT2D eigenvalue weighted by Gasteiger charge is -2.08. The normalized spacial score (nSPS) is 14.5. The van der Waals surface area contributed by atoms with E-state index in [-0.39, 0.29) is 5.91 Å². The maximum absolute atomic E-state index is 11.7. The van der Waals surface area contributed by atoms with Gasteiger partial charge in [-0.2, -0.15) is 0 Å². The topological polar surface area (TPSA) is 29.1 Å². The molecule has 0 unspecified atom stereocenters. The van der Waals surface area contributed by atoms with Crippen LogP contribution in [0.2, 0.25) is 0 Å². The van der Waals surface area contributed by atoms with Crippen molar-refractivity contribution in [1.82, 2.24) is 5.32 Å². The van der Waals surface area contributed by atoms with Crippen molar-refractivity contribution in [3.8, 4) is 0 Å². The molecule has 76 valence electrons. The van der Waals surface area contributed by atoms with Crippen LogP contribution in [-0.4, -0.2) is 5.91 Å². The molecule has 1 N–H and O–H groups in total. The van der Waals surface area contributed by atoms with Gasteiger partial charge in [-0.15, -0.1) is 0 Å². The van der Waals surface area contributed by atoms with E-state index in [1.54, 1.807) is 0 Å². The first kappa shape index (κ1) is 9.71. The van der Waals surface area contributed by atoms with Gasteiger partial charge >= 0.3 is 0 Å². The number of hydrogen-bond donors (Lipinski definition) is 1. The van der Waals surface area contributed by atoms with Crippen molar-refractivity contribution in [3.63, 3.8) is 0 Å². The fourth-order valence-electron chi connectivity index (χ4n) is 1.50. The predicted octanol–water partition coefficient (Wildman–Crippen LogP) is 2.65. The van der Waals surface area contributed by atoms with Crippen LogP contribution < -0.4 is 5.32 Å². The second-order valence-electron chi connectivity index (χ2n) is 3.46. The van der Waals surface area contributed by atoms with Crippen molar-refractivity contribution >= 4 is 5.91 Å². The van der Waals surface area contributed by atoms with Crippen LogP contribution in [-0.2, 0) is 0 Å². The summed E-state index contributed by atoms with van der Waals surface area (Å²) >= 11 is 0. The molecule has 1 aromatic rings.